The lowest BCUT2D eigenvalue weighted by atomic mass is 10.3. The van der Waals surface area contributed by atoms with E-state index in [4.69, 9.17) is 16.3 Å². The monoisotopic (exact) mass is 388 g/mol. The Kier molecular flexibility index (Phi) is 5.87. The van der Waals surface area contributed by atoms with E-state index >= 15 is 0 Å². The number of carbonyl (C=O) groups is 1. The van der Waals surface area contributed by atoms with E-state index < -0.39 is 10.0 Å². The van der Waals surface area contributed by atoms with Gasteiger partial charge in [-0.3, -0.25) is 4.79 Å². The Morgan fingerprint density at radius 2 is 2.04 bits per heavy atom. The predicted molar refractivity (Wildman–Crippen MR) is 95.3 cm³/mol. The number of sulfonamides is 1. The van der Waals surface area contributed by atoms with Crippen molar-refractivity contribution in [3.8, 4) is 5.75 Å². The molecular formula is C15H17ClN2O4S2. The summed E-state index contributed by atoms with van der Waals surface area (Å²) in [6, 6.07) is 7.98. The van der Waals surface area contributed by atoms with E-state index in [9.17, 15) is 13.2 Å². The molecule has 2 rings (SSSR count). The Labute approximate surface area is 150 Å². The van der Waals surface area contributed by atoms with Gasteiger partial charge in [-0.05, 0) is 30.3 Å². The van der Waals surface area contributed by atoms with Crippen LogP contribution in [0.2, 0.25) is 4.34 Å². The highest BCUT2D eigenvalue weighted by molar-refractivity contribution is 7.89. The number of nitrogens with zero attached hydrogens (tertiary/aromatic N) is 1. The highest BCUT2D eigenvalue weighted by Crippen LogP contribution is 2.31. The van der Waals surface area contributed by atoms with E-state index in [1.165, 1.54) is 48.9 Å². The highest BCUT2D eigenvalue weighted by atomic mass is 35.5. The van der Waals surface area contributed by atoms with Gasteiger partial charge in [0.25, 0.3) is 0 Å². The molecule has 0 aliphatic heterocycles. The van der Waals surface area contributed by atoms with Crippen molar-refractivity contribution in [1.82, 2.24) is 4.31 Å². The molecule has 1 heterocycles. The maximum absolute atomic E-state index is 12.9. The maximum Gasteiger partial charge on any atom is 0.246 e. The summed E-state index contributed by atoms with van der Waals surface area (Å²) in [5.41, 5.74) is 0.384. The second-order valence-corrected chi connectivity index (χ2v) is 8.83. The number of methoxy groups -OCH3 is 1. The van der Waals surface area contributed by atoms with Crippen LogP contribution in [0.5, 0.6) is 5.75 Å². The molecule has 0 bridgehead atoms. The molecule has 130 valence electrons. The molecule has 2 aromatic rings. The van der Waals surface area contributed by atoms with Gasteiger partial charge in [-0.1, -0.05) is 11.6 Å². The number of benzene rings is 1. The molecule has 9 heteroatoms. The summed E-state index contributed by atoms with van der Waals surface area (Å²) in [4.78, 5) is 12.0. The van der Waals surface area contributed by atoms with Gasteiger partial charge in [0.2, 0.25) is 15.9 Å². The third-order valence-corrected chi connectivity index (χ3v) is 6.22. The first kappa shape index (κ1) is 18.7. The standard InChI is InChI=1S/C15H17ClN2O4S2/c1-10(19)17-11-4-6-13(22-3)14(8-11)24(20,21)18(2)9-12-5-7-15(16)23-12/h4-8H,9H2,1-3H3,(H,17,19). The van der Waals surface area contributed by atoms with Crippen molar-refractivity contribution in [2.24, 2.45) is 0 Å². The first-order chi connectivity index (χ1) is 11.2. The first-order valence-electron chi connectivity index (χ1n) is 6.90. The highest BCUT2D eigenvalue weighted by Gasteiger charge is 2.26. The molecule has 0 unspecified atom stereocenters. The number of halogens is 1. The molecule has 6 nitrogen and oxygen atoms in total. The van der Waals surface area contributed by atoms with E-state index in [1.807, 2.05) is 0 Å². The molecule has 0 fully saturated rings. The molecular weight excluding hydrogens is 372 g/mol. The lowest BCUT2D eigenvalue weighted by molar-refractivity contribution is -0.114. The van der Waals surface area contributed by atoms with Crippen LogP contribution in [0.25, 0.3) is 0 Å². The fraction of sp³-hybridized carbons (Fsp3) is 0.267. The Balaban J connectivity index is 2.37. The number of amides is 1. The van der Waals surface area contributed by atoms with Gasteiger partial charge < -0.3 is 10.1 Å². The quantitative estimate of drug-likeness (QED) is 0.824. The van der Waals surface area contributed by atoms with Crippen molar-refractivity contribution in [3.05, 3.63) is 39.5 Å². The number of nitrogens with one attached hydrogen (secondary N) is 1. The second-order valence-electron chi connectivity index (χ2n) is 5.01. The Morgan fingerprint density at radius 3 is 2.58 bits per heavy atom. The van der Waals surface area contributed by atoms with Gasteiger partial charge in [-0.15, -0.1) is 11.3 Å². The third kappa shape index (κ3) is 4.27. The summed E-state index contributed by atoms with van der Waals surface area (Å²) in [6.45, 7) is 1.54. The molecule has 0 aliphatic carbocycles. The van der Waals surface area contributed by atoms with Crippen molar-refractivity contribution in [3.63, 3.8) is 0 Å². The molecule has 0 radical (unpaired) electrons. The Bertz CT molecular complexity index is 849. The largest absolute Gasteiger partial charge is 0.495 e. The summed E-state index contributed by atoms with van der Waals surface area (Å²) in [5.74, 6) is -0.0785. The summed E-state index contributed by atoms with van der Waals surface area (Å²) in [7, 11) is -0.934. The number of thiophene rings is 1. The lowest BCUT2D eigenvalue weighted by Crippen LogP contribution is -2.26. The zero-order valence-corrected chi connectivity index (χ0v) is 15.8. The summed E-state index contributed by atoms with van der Waals surface area (Å²) in [5, 5.41) is 2.57. The van der Waals surface area contributed by atoms with Crippen LogP contribution in [0.15, 0.2) is 35.2 Å². The average Bonchev–Trinajstić information content (AvgIpc) is 2.91. The molecule has 1 N–H and O–H groups in total. The minimum Gasteiger partial charge on any atom is -0.495 e. The molecule has 24 heavy (non-hydrogen) atoms. The number of ether oxygens (including phenoxy) is 1. The van der Waals surface area contributed by atoms with Gasteiger partial charge in [-0.25, -0.2) is 8.42 Å². The van der Waals surface area contributed by atoms with E-state index in [2.05, 4.69) is 5.32 Å². The third-order valence-electron chi connectivity index (χ3n) is 3.18. The molecule has 0 saturated carbocycles. The maximum atomic E-state index is 12.9. The van der Waals surface area contributed by atoms with E-state index in [0.717, 1.165) is 4.88 Å². The summed E-state index contributed by atoms with van der Waals surface area (Å²) in [6.07, 6.45) is 0. The van der Waals surface area contributed by atoms with Gasteiger partial charge in [0, 0.05) is 31.1 Å². The average molecular weight is 389 g/mol. The fourth-order valence-electron chi connectivity index (χ4n) is 2.07. The normalized spacial score (nSPS) is 11.5. The van der Waals surface area contributed by atoms with Crippen molar-refractivity contribution in [2.75, 3.05) is 19.5 Å². The Hall–Kier alpha value is -1.61. The predicted octanol–water partition coefficient (Wildman–Crippen LogP) is 3.19. The summed E-state index contributed by atoms with van der Waals surface area (Å²) >= 11 is 7.20. The van der Waals surface area contributed by atoms with Gasteiger partial charge in [-0.2, -0.15) is 4.31 Å². The van der Waals surface area contributed by atoms with Gasteiger partial charge in [0.15, 0.2) is 0 Å². The summed E-state index contributed by atoms with van der Waals surface area (Å²) < 4.78 is 32.7. The Morgan fingerprint density at radius 1 is 1.33 bits per heavy atom. The van der Waals surface area contributed by atoms with E-state index in [1.54, 1.807) is 18.2 Å². The van der Waals surface area contributed by atoms with Crippen molar-refractivity contribution in [2.45, 2.75) is 18.4 Å². The van der Waals surface area contributed by atoms with Crippen molar-refractivity contribution >= 4 is 44.6 Å². The zero-order valence-electron chi connectivity index (χ0n) is 13.4. The van der Waals surface area contributed by atoms with Crippen LogP contribution in [0.1, 0.15) is 11.8 Å². The zero-order chi connectivity index (χ0) is 17.9. The van der Waals surface area contributed by atoms with Gasteiger partial charge in [0.05, 0.1) is 11.4 Å². The van der Waals surface area contributed by atoms with Crippen LogP contribution in [-0.2, 0) is 21.4 Å². The van der Waals surface area contributed by atoms with Crippen LogP contribution in [0.4, 0.5) is 5.69 Å². The number of carbonyl (C=O) groups excluding carboxylic acids is 1. The number of hydrogen-bond acceptors (Lipinski definition) is 5. The lowest BCUT2D eigenvalue weighted by Gasteiger charge is -2.19. The van der Waals surface area contributed by atoms with E-state index in [-0.39, 0.29) is 23.1 Å². The van der Waals surface area contributed by atoms with Gasteiger partial charge >= 0.3 is 0 Å². The molecule has 1 amide bonds. The van der Waals surface area contributed by atoms with Crippen LogP contribution in [0, 0.1) is 0 Å². The molecule has 1 aromatic heterocycles. The molecule has 1 aromatic carbocycles. The number of rotatable bonds is 6. The minimum absolute atomic E-state index is 0.0126. The first-order valence-corrected chi connectivity index (χ1v) is 9.53. The molecule has 0 spiro atoms. The number of hydrogen-bond donors (Lipinski definition) is 1. The van der Waals surface area contributed by atoms with Crippen molar-refractivity contribution < 1.29 is 17.9 Å². The smallest absolute Gasteiger partial charge is 0.246 e. The second kappa shape index (κ2) is 7.52. The molecule has 0 aliphatic rings. The van der Waals surface area contributed by atoms with Crippen LogP contribution >= 0.6 is 22.9 Å². The molecule has 0 saturated heterocycles. The topological polar surface area (TPSA) is 75.7 Å². The number of anilines is 1. The van der Waals surface area contributed by atoms with Crippen LogP contribution < -0.4 is 10.1 Å². The van der Waals surface area contributed by atoms with E-state index in [0.29, 0.717) is 10.0 Å². The van der Waals surface area contributed by atoms with Gasteiger partial charge in [0.1, 0.15) is 10.6 Å². The SMILES string of the molecule is COc1ccc(NC(C)=O)cc1S(=O)(=O)N(C)Cc1ccc(Cl)s1. The fourth-order valence-corrected chi connectivity index (χ4v) is 4.62. The minimum atomic E-state index is -3.81. The van der Waals surface area contributed by atoms with Crippen LogP contribution in [0.3, 0.4) is 0 Å². The van der Waals surface area contributed by atoms with Crippen LogP contribution in [-0.4, -0.2) is 32.8 Å². The van der Waals surface area contributed by atoms with Crippen molar-refractivity contribution in [1.29, 1.82) is 0 Å². The molecule has 0 atom stereocenters.